The normalized spacial score (nSPS) is 12.0. The average molecular weight is 319 g/mol. The molecule has 0 aliphatic heterocycles. The van der Waals surface area contributed by atoms with Crippen LogP contribution in [-0.4, -0.2) is 19.5 Å². The summed E-state index contributed by atoms with van der Waals surface area (Å²) in [6.45, 7) is 4.56. The van der Waals surface area contributed by atoms with Gasteiger partial charge in [-0.1, -0.05) is 50.3 Å². The summed E-state index contributed by atoms with van der Waals surface area (Å²) in [6, 6.07) is 6.67. The van der Waals surface area contributed by atoms with Gasteiger partial charge in [0.2, 0.25) is 0 Å². The monoisotopic (exact) mass is 318 g/mol. The molecule has 0 fully saturated rings. The van der Waals surface area contributed by atoms with E-state index in [-0.39, 0.29) is 4.90 Å². The molecule has 0 aromatic heterocycles. The SMILES string of the molecule is CCCCCCCN(Cl)NS(=O)(=O)c1ccc(C)cc1. The van der Waals surface area contributed by atoms with Crippen LogP contribution in [-0.2, 0) is 10.0 Å². The van der Waals surface area contributed by atoms with Gasteiger partial charge < -0.3 is 0 Å². The quantitative estimate of drug-likeness (QED) is 0.430. The predicted octanol–water partition coefficient (Wildman–Crippen LogP) is 3.61. The summed E-state index contributed by atoms with van der Waals surface area (Å²) in [5.74, 6) is 0. The van der Waals surface area contributed by atoms with Crippen molar-refractivity contribution < 1.29 is 8.42 Å². The largest absolute Gasteiger partial charge is 0.254 e. The molecule has 0 heterocycles. The fourth-order valence-corrected chi connectivity index (χ4v) is 3.14. The third kappa shape index (κ3) is 6.22. The molecule has 4 nitrogen and oxygen atoms in total. The van der Waals surface area contributed by atoms with Gasteiger partial charge in [-0.15, -0.1) is 9.36 Å². The minimum absolute atomic E-state index is 0.222. The van der Waals surface area contributed by atoms with Crippen molar-refractivity contribution in [2.45, 2.75) is 50.8 Å². The Bertz CT molecular complexity index is 488. The van der Waals surface area contributed by atoms with E-state index in [2.05, 4.69) is 11.8 Å². The van der Waals surface area contributed by atoms with Crippen molar-refractivity contribution in [3.63, 3.8) is 0 Å². The van der Waals surface area contributed by atoms with Gasteiger partial charge in [0.25, 0.3) is 10.0 Å². The molecule has 0 unspecified atom stereocenters. The van der Waals surface area contributed by atoms with Crippen LogP contribution in [0.5, 0.6) is 0 Å². The molecule has 0 bridgehead atoms. The third-order valence-corrected chi connectivity index (χ3v) is 4.72. The Morgan fingerprint density at radius 1 is 1.10 bits per heavy atom. The summed E-state index contributed by atoms with van der Waals surface area (Å²) in [6.07, 6.45) is 5.48. The van der Waals surface area contributed by atoms with Crippen molar-refractivity contribution in [1.82, 2.24) is 9.36 Å². The maximum atomic E-state index is 12.1. The summed E-state index contributed by atoms with van der Waals surface area (Å²) in [5.41, 5.74) is 1.02. The average Bonchev–Trinajstić information content (AvgIpc) is 2.38. The zero-order valence-corrected chi connectivity index (χ0v) is 13.7. The number of hydrogen-bond donors (Lipinski definition) is 1. The highest BCUT2D eigenvalue weighted by Crippen LogP contribution is 2.11. The number of aryl methyl sites for hydroxylation is 1. The van der Waals surface area contributed by atoms with Gasteiger partial charge in [-0.2, -0.15) is 0 Å². The van der Waals surface area contributed by atoms with Crippen LogP contribution in [0.25, 0.3) is 0 Å². The molecule has 0 saturated heterocycles. The number of hydrogen-bond acceptors (Lipinski definition) is 3. The molecule has 0 atom stereocenters. The lowest BCUT2D eigenvalue weighted by atomic mass is 10.2. The van der Waals surface area contributed by atoms with Crippen molar-refractivity contribution in [3.8, 4) is 0 Å². The first-order valence-corrected chi connectivity index (χ1v) is 8.80. The van der Waals surface area contributed by atoms with Gasteiger partial charge in [-0.3, -0.25) is 0 Å². The minimum Gasteiger partial charge on any atom is -0.206 e. The van der Waals surface area contributed by atoms with Crippen LogP contribution in [0, 0.1) is 6.92 Å². The lowest BCUT2D eigenvalue weighted by Gasteiger charge is -2.15. The second-order valence-corrected chi connectivity index (χ2v) is 6.98. The summed E-state index contributed by atoms with van der Waals surface area (Å²) < 4.78 is 25.2. The summed E-state index contributed by atoms with van der Waals surface area (Å²) >= 11 is 5.90. The zero-order valence-electron chi connectivity index (χ0n) is 12.1. The van der Waals surface area contributed by atoms with E-state index in [1.807, 2.05) is 6.92 Å². The number of sulfonamides is 1. The van der Waals surface area contributed by atoms with Crippen LogP contribution >= 0.6 is 11.8 Å². The van der Waals surface area contributed by atoms with E-state index >= 15 is 0 Å². The molecular weight excluding hydrogens is 296 g/mol. The van der Waals surface area contributed by atoms with E-state index < -0.39 is 10.0 Å². The van der Waals surface area contributed by atoms with E-state index in [0.29, 0.717) is 6.54 Å². The Morgan fingerprint density at radius 3 is 2.30 bits per heavy atom. The summed E-state index contributed by atoms with van der Waals surface area (Å²) in [7, 11) is -3.58. The Morgan fingerprint density at radius 2 is 1.70 bits per heavy atom. The van der Waals surface area contributed by atoms with E-state index in [0.717, 1.165) is 29.4 Å². The molecule has 0 saturated carbocycles. The van der Waals surface area contributed by atoms with Crippen LogP contribution in [0.3, 0.4) is 0 Å². The van der Waals surface area contributed by atoms with Gasteiger partial charge in [0, 0.05) is 6.54 Å². The molecule has 6 heteroatoms. The second-order valence-electron chi connectivity index (χ2n) is 4.91. The highest BCUT2D eigenvalue weighted by molar-refractivity contribution is 7.89. The fourth-order valence-electron chi connectivity index (χ4n) is 1.80. The summed E-state index contributed by atoms with van der Waals surface area (Å²) in [4.78, 5) is 2.58. The van der Waals surface area contributed by atoms with Crippen LogP contribution in [0.4, 0.5) is 0 Å². The molecule has 1 rings (SSSR count). The van der Waals surface area contributed by atoms with E-state index in [1.165, 1.54) is 12.8 Å². The third-order valence-electron chi connectivity index (χ3n) is 3.01. The fraction of sp³-hybridized carbons (Fsp3) is 0.571. The van der Waals surface area contributed by atoms with Gasteiger partial charge in [-0.25, -0.2) is 8.42 Å². The molecule has 1 N–H and O–H groups in total. The first kappa shape index (κ1) is 17.4. The molecule has 0 aliphatic carbocycles. The molecule has 0 radical (unpaired) electrons. The van der Waals surface area contributed by atoms with Crippen LogP contribution in [0.15, 0.2) is 29.2 Å². The Hall–Kier alpha value is -0.620. The molecule has 0 amide bonds. The topological polar surface area (TPSA) is 49.4 Å². The van der Waals surface area contributed by atoms with E-state index in [4.69, 9.17) is 11.8 Å². The number of benzene rings is 1. The van der Waals surface area contributed by atoms with Gasteiger partial charge in [-0.05, 0) is 37.3 Å². The molecular formula is C14H23ClN2O2S. The summed E-state index contributed by atoms with van der Waals surface area (Å²) in [5, 5.41) is 0. The van der Waals surface area contributed by atoms with E-state index in [9.17, 15) is 8.42 Å². The lowest BCUT2D eigenvalue weighted by Crippen LogP contribution is -2.36. The van der Waals surface area contributed by atoms with Gasteiger partial charge in [0.05, 0.1) is 4.90 Å². The minimum atomic E-state index is -3.58. The Labute approximate surface area is 127 Å². The first-order chi connectivity index (χ1) is 9.45. The number of rotatable bonds is 9. The number of halogens is 1. The number of nitrogens with one attached hydrogen (secondary N) is 1. The number of unbranched alkanes of at least 4 members (excludes halogenated alkanes) is 4. The first-order valence-electron chi connectivity index (χ1n) is 6.98. The van der Waals surface area contributed by atoms with E-state index in [1.54, 1.807) is 24.3 Å². The van der Waals surface area contributed by atoms with Crippen molar-refractivity contribution >= 4 is 21.8 Å². The van der Waals surface area contributed by atoms with Crippen molar-refractivity contribution in [3.05, 3.63) is 29.8 Å². The predicted molar refractivity (Wildman–Crippen MR) is 82.8 cm³/mol. The van der Waals surface area contributed by atoms with Crippen molar-refractivity contribution in [1.29, 1.82) is 0 Å². The van der Waals surface area contributed by atoms with Crippen LogP contribution in [0.2, 0.25) is 0 Å². The lowest BCUT2D eigenvalue weighted by molar-refractivity contribution is 0.393. The molecule has 20 heavy (non-hydrogen) atoms. The molecule has 114 valence electrons. The molecule has 1 aromatic rings. The maximum Gasteiger partial charge on any atom is 0.254 e. The van der Waals surface area contributed by atoms with Crippen LogP contribution < -0.4 is 4.83 Å². The Kier molecular flexibility index (Phi) is 7.51. The maximum absolute atomic E-state index is 12.1. The highest BCUT2D eigenvalue weighted by Gasteiger charge is 2.16. The number of hydrazine groups is 1. The standard InChI is InChI=1S/C14H23ClN2O2S/c1-3-4-5-6-7-12-17(15)16-20(18,19)14-10-8-13(2)9-11-14/h8-11,16H,3-7,12H2,1-2H3. The van der Waals surface area contributed by atoms with Crippen molar-refractivity contribution in [2.24, 2.45) is 0 Å². The zero-order chi connectivity index (χ0) is 15.0. The van der Waals surface area contributed by atoms with Crippen LogP contribution in [0.1, 0.15) is 44.6 Å². The van der Waals surface area contributed by atoms with Crippen molar-refractivity contribution in [2.75, 3.05) is 6.54 Å². The highest BCUT2D eigenvalue weighted by atomic mass is 35.5. The molecule has 0 aliphatic rings. The molecule has 0 spiro atoms. The number of nitrogens with zero attached hydrogens (tertiary/aromatic N) is 1. The molecule has 1 aromatic carbocycles. The second kappa shape index (κ2) is 8.62. The smallest absolute Gasteiger partial charge is 0.206 e. The van der Waals surface area contributed by atoms with Gasteiger partial charge in [0.15, 0.2) is 0 Å². The van der Waals surface area contributed by atoms with Gasteiger partial charge in [0.1, 0.15) is 0 Å². The Balaban J connectivity index is 2.43. The van der Waals surface area contributed by atoms with Gasteiger partial charge >= 0.3 is 0 Å².